The summed E-state index contributed by atoms with van der Waals surface area (Å²) < 4.78 is 5.36. The van der Waals surface area contributed by atoms with Crippen LogP contribution < -0.4 is 5.32 Å². The average Bonchev–Trinajstić information content (AvgIpc) is 2.54. The van der Waals surface area contributed by atoms with Crippen LogP contribution in [0.15, 0.2) is 30.3 Å². The fourth-order valence-electron chi connectivity index (χ4n) is 2.62. The van der Waals surface area contributed by atoms with Crippen LogP contribution >= 0.6 is 11.8 Å². The maximum absolute atomic E-state index is 12.3. The van der Waals surface area contributed by atoms with E-state index in [-0.39, 0.29) is 11.8 Å². The van der Waals surface area contributed by atoms with Crippen molar-refractivity contribution < 1.29 is 9.53 Å². The van der Waals surface area contributed by atoms with Crippen LogP contribution in [0.25, 0.3) is 0 Å². The number of amides is 1. The van der Waals surface area contributed by atoms with Gasteiger partial charge >= 0.3 is 0 Å². The van der Waals surface area contributed by atoms with Crippen LogP contribution in [0.3, 0.4) is 0 Å². The SMILES string of the molecule is CC[C@@H](C(=O)NCCSC1CCOCC1)c1ccccc1. The predicted molar refractivity (Wildman–Crippen MR) is 88.8 cm³/mol. The number of ether oxygens (including phenoxy) is 1. The van der Waals surface area contributed by atoms with E-state index in [1.165, 1.54) is 0 Å². The highest BCUT2D eigenvalue weighted by molar-refractivity contribution is 7.99. The number of benzene rings is 1. The first-order valence-corrected chi connectivity index (χ1v) is 8.88. The Morgan fingerprint density at radius 2 is 2.05 bits per heavy atom. The highest BCUT2D eigenvalue weighted by Crippen LogP contribution is 2.22. The second kappa shape index (κ2) is 9.11. The summed E-state index contributed by atoms with van der Waals surface area (Å²) in [6.07, 6.45) is 3.11. The fourth-order valence-corrected chi connectivity index (χ4v) is 3.70. The Balaban J connectivity index is 1.70. The summed E-state index contributed by atoms with van der Waals surface area (Å²) in [6, 6.07) is 10.0. The minimum atomic E-state index is -0.0284. The molecule has 0 saturated carbocycles. The Bertz CT molecular complexity index is 418. The maximum atomic E-state index is 12.3. The number of carbonyl (C=O) groups is 1. The van der Waals surface area contributed by atoms with E-state index in [0.29, 0.717) is 5.25 Å². The largest absolute Gasteiger partial charge is 0.381 e. The summed E-state index contributed by atoms with van der Waals surface area (Å²) in [5.41, 5.74) is 1.11. The molecule has 0 aromatic heterocycles. The molecule has 0 aliphatic carbocycles. The topological polar surface area (TPSA) is 38.3 Å². The Morgan fingerprint density at radius 1 is 1.33 bits per heavy atom. The third-order valence-corrected chi connectivity index (χ3v) is 5.23. The summed E-state index contributed by atoms with van der Waals surface area (Å²) in [7, 11) is 0. The van der Waals surface area contributed by atoms with E-state index < -0.39 is 0 Å². The Hall–Kier alpha value is -1.00. The monoisotopic (exact) mass is 307 g/mol. The molecule has 1 aliphatic heterocycles. The zero-order chi connectivity index (χ0) is 14.9. The van der Waals surface area contributed by atoms with Gasteiger partial charge < -0.3 is 10.1 Å². The van der Waals surface area contributed by atoms with Crippen LogP contribution in [0.4, 0.5) is 0 Å². The molecule has 1 saturated heterocycles. The molecule has 0 spiro atoms. The highest BCUT2D eigenvalue weighted by Gasteiger charge is 2.18. The molecule has 1 aromatic carbocycles. The first-order chi connectivity index (χ1) is 10.3. The molecular formula is C17H25NO2S. The van der Waals surface area contributed by atoms with Gasteiger partial charge in [-0.2, -0.15) is 11.8 Å². The number of thioether (sulfide) groups is 1. The van der Waals surface area contributed by atoms with Gasteiger partial charge in [-0.25, -0.2) is 0 Å². The van der Waals surface area contributed by atoms with Gasteiger partial charge in [0.1, 0.15) is 0 Å². The first kappa shape index (κ1) is 16.4. The summed E-state index contributed by atoms with van der Waals surface area (Å²) in [5.74, 6) is 1.11. The molecule has 2 rings (SSSR count). The van der Waals surface area contributed by atoms with Gasteiger partial charge in [0.05, 0.1) is 5.92 Å². The summed E-state index contributed by atoms with van der Waals surface area (Å²) >= 11 is 1.96. The van der Waals surface area contributed by atoms with E-state index >= 15 is 0 Å². The van der Waals surface area contributed by atoms with Gasteiger partial charge in [0.2, 0.25) is 5.91 Å². The minimum absolute atomic E-state index is 0.0284. The lowest BCUT2D eigenvalue weighted by molar-refractivity contribution is -0.122. The van der Waals surface area contributed by atoms with Crippen molar-refractivity contribution in [1.82, 2.24) is 5.32 Å². The molecular weight excluding hydrogens is 282 g/mol. The van der Waals surface area contributed by atoms with E-state index in [4.69, 9.17) is 4.74 Å². The number of hydrogen-bond acceptors (Lipinski definition) is 3. The molecule has 1 amide bonds. The van der Waals surface area contributed by atoms with E-state index in [9.17, 15) is 4.79 Å². The highest BCUT2D eigenvalue weighted by atomic mass is 32.2. The van der Waals surface area contributed by atoms with Crippen molar-refractivity contribution in [2.75, 3.05) is 25.5 Å². The lowest BCUT2D eigenvalue weighted by atomic mass is 9.96. The summed E-state index contributed by atoms with van der Waals surface area (Å²) in [4.78, 5) is 12.3. The van der Waals surface area contributed by atoms with E-state index in [1.54, 1.807) is 0 Å². The molecule has 0 bridgehead atoms. The molecule has 0 unspecified atom stereocenters. The third kappa shape index (κ3) is 5.36. The zero-order valence-corrected chi connectivity index (χ0v) is 13.5. The zero-order valence-electron chi connectivity index (χ0n) is 12.7. The van der Waals surface area contributed by atoms with E-state index in [0.717, 1.165) is 50.3 Å². The molecule has 1 heterocycles. The number of carbonyl (C=O) groups excluding carboxylic acids is 1. The van der Waals surface area contributed by atoms with Crippen LogP contribution in [0.2, 0.25) is 0 Å². The van der Waals surface area contributed by atoms with Gasteiger partial charge in [-0.15, -0.1) is 0 Å². The van der Waals surface area contributed by atoms with Gasteiger partial charge in [0.25, 0.3) is 0 Å². The normalized spacial score (nSPS) is 17.4. The molecule has 21 heavy (non-hydrogen) atoms. The lowest BCUT2D eigenvalue weighted by Gasteiger charge is -2.21. The van der Waals surface area contributed by atoms with Crippen molar-refractivity contribution >= 4 is 17.7 Å². The molecule has 1 fully saturated rings. The van der Waals surface area contributed by atoms with Gasteiger partial charge in [-0.1, -0.05) is 37.3 Å². The smallest absolute Gasteiger partial charge is 0.227 e. The molecule has 1 atom stereocenters. The predicted octanol–water partition coefficient (Wildman–Crippen LogP) is 3.21. The van der Waals surface area contributed by atoms with Gasteiger partial charge in [-0.05, 0) is 24.8 Å². The molecule has 116 valence electrons. The third-order valence-electron chi connectivity index (χ3n) is 3.85. The number of hydrogen-bond donors (Lipinski definition) is 1. The Morgan fingerprint density at radius 3 is 2.71 bits per heavy atom. The van der Waals surface area contributed by atoms with Crippen LogP contribution in [-0.4, -0.2) is 36.7 Å². The minimum Gasteiger partial charge on any atom is -0.381 e. The van der Waals surface area contributed by atoms with Crippen molar-refractivity contribution in [1.29, 1.82) is 0 Å². The number of rotatable bonds is 7. The van der Waals surface area contributed by atoms with Gasteiger partial charge in [0, 0.05) is 30.8 Å². The van der Waals surface area contributed by atoms with E-state index in [1.807, 2.05) is 42.1 Å². The molecule has 0 radical (unpaired) electrons. The van der Waals surface area contributed by atoms with Crippen LogP contribution in [0.1, 0.15) is 37.7 Å². The van der Waals surface area contributed by atoms with Crippen molar-refractivity contribution in [3.8, 4) is 0 Å². The van der Waals surface area contributed by atoms with Crippen molar-refractivity contribution in [3.05, 3.63) is 35.9 Å². The van der Waals surface area contributed by atoms with E-state index in [2.05, 4.69) is 12.2 Å². The van der Waals surface area contributed by atoms with Crippen LogP contribution in [0, 0.1) is 0 Å². The summed E-state index contributed by atoms with van der Waals surface area (Å²) in [5, 5.41) is 3.78. The Labute approximate surface area is 131 Å². The first-order valence-electron chi connectivity index (χ1n) is 7.83. The van der Waals surface area contributed by atoms with Crippen molar-refractivity contribution in [2.24, 2.45) is 0 Å². The standard InChI is InChI=1S/C17H25NO2S/c1-2-16(14-6-4-3-5-7-14)17(19)18-10-13-21-15-8-11-20-12-9-15/h3-7,15-16H,2,8-13H2,1H3,(H,18,19)/t16-/m1/s1. The molecule has 1 aliphatic rings. The lowest BCUT2D eigenvalue weighted by Crippen LogP contribution is -2.31. The Kier molecular flexibility index (Phi) is 7.10. The van der Waals surface area contributed by atoms with Gasteiger partial charge in [0.15, 0.2) is 0 Å². The van der Waals surface area contributed by atoms with Gasteiger partial charge in [-0.3, -0.25) is 4.79 Å². The molecule has 4 heteroatoms. The number of nitrogens with one attached hydrogen (secondary N) is 1. The molecule has 1 aromatic rings. The molecule has 3 nitrogen and oxygen atoms in total. The molecule has 1 N–H and O–H groups in total. The summed E-state index contributed by atoms with van der Waals surface area (Å²) in [6.45, 7) is 4.59. The fraction of sp³-hybridized carbons (Fsp3) is 0.588. The second-order valence-electron chi connectivity index (χ2n) is 5.35. The van der Waals surface area contributed by atoms with Crippen molar-refractivity contribution in [3.63, 3.8) is 0 Å². The van der Waals surface area contributed by atoms with Crippen LogP contribution in [-0.2, 0) is 9.53 Å². The quantitative estimate of drug-likeness (QED) is 0.786. The van der Waals surface area contributed by atoms with Crippen molar-refractivity contribution in [2.45, 2.75) is 37.4 Å². The maximum Gasteiger partial charge on any atom is 0.227 e. The second-order valence-corrected chi connectivity index (χ2v) is 6.75. The average molecular weight is 307 g/mol. The van der Waals surface area contributed by atoms with Crippen LogP contribution in [0.5, 0.6) is 0 Å².